The van der Waals surface area contributed by atoms with E-state index in [1.54, 1.807) is 26.7 Å². The number of rotatable bonds is 7. The molecule has 0 atom stereocenters. The molecule has 0 radical (unpaired) electrons. The molecule has 1 aromatic heterocycles. The van der Waals surface area contributed by atoms with Crippen LogP contribution in [-0.2, 0) is 13.1 Å². The lowest BCUT2D eigenvalue weighted by atomic mass is 10.1. The smallest absolute Gasteiger partial charge is 0.179 e. The maximum absolute atomic E-state index is 6.24. The van der Waals surface area contributed by atoms with Crippen molar-refractivity contribution >= 4 is 24.0 Å². The summed E-state index contributed by atoms with van der Waals surface area (Å²) in [5.41, 5.74) is 3.33. The van der Waals surface area contributed by atoms with Crippen molar-refractivity contribution in [2.24, 2.45) is 0 Å². The van der Waals surface area contributed by atoms with Gasteiger partial charge in [0.1, 0.15) is 0 Å². The molecule has 3 aromatic rings. The van der Waals surface area contributed by atoms with E-state index in [0.717, 1.165) is 17.8 Å². The van der Waals surface area contributed by atoms with Gasteiger partial charge in [-0.15, -0.1) is 12.4 Å². The zero-order valence-corrected chi connectivity index (χ0v) is 16.2. The first-order chi connectivity index (χ1) is 12.2. The fourth-order valence-corrected chi connectivity index (χ4v) is 2.93. The minimum atomic E-state index is 0. The molecule has 1 heterocycles. The van der Waals surface area contributed by atoms with Crippen molar-refractivity contribution in [1.29, 1.82) is 0 Å². The number of halogens is 2. The molecule has 0 aliphatic carbocycles. The summed E-state index contributed by atoms with van der Waals surface area (Å²) in [6.45, 7) is 1.44. The van der Waals surface area contributed by atoms with Gasteiger partial charge in [0.15, 0.2) is 11.5 Å². The molecule has 138 valence electrons. The van der Waals surface area contributed by atoms with E-state index in [4.69, 9.17) is 21.1 Å². The summed E-state index contributed by atoms with van der Waals surface area (Å²) in [6.07, 6.45) is 5.48. The average Bonchev–Trinajstić information content (AvgIpc) is 3.16. The van der Waals surface area contributed by atoms with E-state index in [0.29, 0.717) is 23.1 Å². The van der Waals surface area contributed by atoms with Gasteiger partial charge >= 0.3 is 0 Å². The Balaban J connectivity index is 0.00000243. The monoisotopic (exact) mass is 393 g/mol. The van der Waals surface area contributed by atoms with Crippen LogP contribution in [0.2, 0.25) is 5.02 Å². The van der Waals surface area contributed by atoms with Gasteiger partial charge in [0.05, 0.1) is 25.6 Å². The van der Waals surface area contributed by atoms with Crippen LogP contribution in [0.3, 0.4) is 0 Å². The molecule has 0 unspecified atom stereocenters. The highest BCUT2D eigenvalue weighted by Gasteiger charge is 2.10. The van der Waals surface area contributed by atoms with E-state index in [1.807, 2.05) is 22.9 Å². The molecule has 0 bridgehead atoms. The highest BCUT2D eigenvalue weighted by Crippen LogP contribution is 2.35. The van der Waals surface area contributed by atoms with Gasteiger partial charge in [0, 0.05) is 31.2 Å². The fraction of sp³-hybridized carbons (Fsp3) is 0.211. The lowest BCUT2D eigenvalue weighted by Gasteiger charge is -2.12. The highest BCUT2D eigenvalue weighted by molar-refractivity contribution is 6.32. The lowest BCUT2D eigenvalue weighted by Crippen LogP contribution is -2.13. The summed E-state index contributed by atoms with van der Waals surface area (Å²) in [5.74, 6) is 1.19. The third-order valence-corrected chi connectivity index (χ3v) is 4.17. The summed E-state index contributed by atoms with van der Waals surface area (Å²) >= 11 is 6.24. The van der Waals surface area contributed by atoms with E-state index < -0.39 is 0 Å². The number of ether oxygens (including phenoxy) is 2. The van der Waals surface area contributed by atoms with Crippen molar-refractivity contribution < 1.29 is 9.47 Å². The number of nitrogens with one attached hydrogen (secondary N) is 1. The predicted molar refractivity (Wildman–Crippen MR) is 106 cm³/mol. The number of aromatic nitrogens is 2. The topological polar surface area (TPSA) is 48.3 Å². The molecule has 1 N–H and O–H groups in total. The quantitative estimate of drug-likeness (QED) is 0.651. The molecule has 0 spiro atoms. The molecule has 3 rings (SSSR count). The van der Waals surface area contributed by atoms with E-state index in [9.17, 15) is 0 Å². The second-order valence-electron chi connectivity index (χ2n) is 5.55. The highest BCUT2D eigenvalue weighted by atomic mass is 35.5. The summed E-state index contributed by atoms with van der Waals surface area (Å²) < 4.78 is 12.6. The Labute approximate surface area is 164 Å². The third kappa shape index (κ3) is 4.69. The predicted octanol–water partition coefficient (Wildman–Crippen LogP) is 4.25. The zero-order chi connectivity index (χ0) is 17.6. The first-order valence-corrected chi connectivity index (χ1v) is 8.27. The number of methoxy groups -OCH3 is 2. The first-order valence-electron chi connectivity index (χ1n) is 7.89. The van der Waals surface area contributed by atoms with Gasteiger partial charge in [-0.3, -0.25) is 0 Å². The van der Waals surface area contributed by atoms with Crippen LogP contribution in [0.1, 0.15) is 11.1 Å². The van der Waals surface area contributed by atoms with Crippen molar-refractivity contribution in [3.63, 3.8) is 0 Å². The fourth-order valence-electron chi connectivity index (χ4n) is 2.62. The van der Waals surface area contributed by atoms with Crippen LogP contribution in [-0.4, -0.2) is 23.8 Å². The second-order valence-corrected chi connectivity index (χ2v) is 5.96. The SMILES string of the molecule is COc1cc(CNCc2ccc(-n3ccnc3)cc2)cc(Cl)c1OC.Cl. The van der Waals surface area contributed by atoms with Gasteiger partial charge in [-0.05, 0) is 35.4 Å². The van der Waals surface area contributed by atoms with Crippen LogP contribution >= 0.6 is 24.0 Å². The second kappa shape index (κ2) is 9.48. The standard InChI is InChI=1S/C19H20ClN3O2.ClH/c1-24-18-10-15(9-17(20)19(18)25-2)12-22-11-14-3-5-16(6-4-14)23-8-7-21-13-23;/h3-10,13,22H,11-12H2,1-2H3;1H. The minimum absolute atomic E-state index is 0. The van der Waals surface area contributed by atoms with E-state index in [1.165, 1.54) is 5.56 Å². The van der Waals surface area contributed by atoms with Crippen LogP contribution in [0, 0.1) is 0 Å². The van der Waals surface area contributed by atoms with E-state index in [-0.39, 0.29) is 12.4 Å². The minimum Gasteiger partial charge on any atom is -0.493 e. The molecule has 26 heavy (non-hydrogen) atoms. The molecular weight excluding hydrogens is 373 g/mol. The summed E-state index contributed by atoms with van der Waals surface area (Å²) in [5, 5.41) is 3.96. The normalized spacial score (nSPS) is 10.3. The first kappa shape index (κ1) is 20.1. The Morgan fingerprint density at radius 3 is 2.38 bits per heavy atom. The van der Waals surface area contributed by atoms with Gasteiger partial charge in [0.2, 0.25) is 0 Å². The molecular formula is C19H21Cl2N3O2. The number of imidazole rings is 1. The molecule has 5 nitrogen and oxygen atoms in total. The van der Waals surface area contributed by atoms with Crippen molar-refractivity contribution in [2.75, 3.05) is 14.2 Å². The van der Waals surface area contributed by atoms with Gasteiger partial charge in [0.25, 0.3) is 0 Å². The Hall–Kier alpha value is -2.21. The maximum Gasteiger partial charge on any atom is 0.179 e. The number of nitrogens with zero attached hydrogens (tertiary/aromatic N) is 2. The van der Waals surface area contributed by atoms with Crippen molar-refractivity contribution in [3.05, 3.63) is 71.3 Å². The van der Waals surface area contributed by atoms with Crippen LogP contribution in [0.15, 0.2) is 55.1 Å². The van der Waals surface area contributed by atoms with E-state index in [2.05, 4.69) is 34.6 Å². The van der Waals surface area contributed by atoms with Crippen molar-refractivity contribution in [1.82, 2.24) is 14.9 Å². The number of hydrogen-bond acceptors (Lipinski definition) is 4. The van der Waals surface area contributed by atoms with Gasteiger partial charge < -0.3 is 19.4 Å². The average molecular weight is 394 g/mol. The molecule has 0 aliphatic rings. The molecule has 0 saturated heterocycles. The van der Waals surface area contributed by atoms with Gasteiger partial charge in [-0.1, -0.05) is 23.7 Å². The molecule has 0 fully saturated rings. The summed E-state index contributed by atoms with van der Waals surface area (Å²) in [7, 11) is 3.18. The molecule has 0 amide bonds. The van der Waals surface area contributed by atoms with Crippen LogP contribution in [0.5, 0.6) is 11.5 Å². The Morgan fingerprint density at radius 1 is 1.04 bits per heavy atom. The Kier molecular flexibility index (Phi) is 7.33. The van der Waals surface area contributed by atoms with Gasteiger partial charge in [-0.25, -0.2) is 4.98 Å². The number of benzene rings is 2. The van der Waals surface area contributed by atoms with Crippen LogP contribution in [0.4, 0.5) is 0 Å². The molecule has 7 heteroatoms. The van der Waals surface area contributed by atoms with Crippen molar-refractivity contribution in [2.45, 2.75) is 13.1 Å². The maximum atomic E-state index is 6.24. The Bertz CT molecular complexity index is 822. The van der Waals surface area contributed by atoms with Gasteiger partial charge in [-0.2, -0.15) is 0 Å². The lowest BCUT2D eigenvalue weighted by molar-refractivity contribution is 0.354. The van der Waals surface area contributed by atoms with E-state index >= 15 is 0 Å². The summed E-state index contributed by atoms with van der Waals surface area (Å²) in [6, 6.07) is 12.2. The molecule has 0 aliphatic heterocycles. The molecule has 0 saturated carbocycles. The van der Waals surface area contributed by atoms with Crippen LogP contribution in [0.25, 0.3) is 5.69 Å². The van der Waals surface area contributed by atoms with Crippen molar-refractivity contribution in [3.8, 4) is 17.2 Å². The summed E-state index contributed by atoms with van der Waals surface area (Å²) in [4.78, 5) is 4.06. The third-order valence-electron chi connectivity index (χ3n) is 3.89. The number of hydrogen-bond donors (Lipinski definition) is 1. The van der Waals surface area contributed by atoms with Crippen LogP contribution < -0.4 is 14.8 Å². The largest absolute Gasteiger partial charge is 0.493 e. The zero-order valence-electron chi connectivity index (χ0n) is 14.6. The Morgan fingerprint density at radius 2 is 1.77 bits per heavy atom. The molecule has 2 aromatic carbocycles.